The van der Waals surface area contributed by atoms with E-state index in [0.717, 1.165) is 6.42 Å². The van der Waals surface area contributed by atoms with Gasteiger partial charge in [-0.2, -0.15) is 35.9 Å². The van der Waals surface area contributed by atoms with E-state index in [1.807, 2.05) is 30.3 Å². The smallest absolute Gasteiger partial charge is 0.214 e. The molecule has 0 aliphatic carbocycles. The standard InChI is InChI=1S/C7H9.C5H5.Os/c1-2-7-5-3-4-6-7;1-2-4-5-3-1;/h3-6H,2H2,1H3;1-5H;/q2*-1;+2. The number of hydrogen-bond acceptors (Lipinski definition) is 0. The molecule has 0 N–H and O–H groups in total. The summed E-state index contributed by atoms with van der Waals surface area (Å²) in [5.41, 5.74) is 1.43. The van der Waals surface area contributed by atoms with E-state index < -0.39 is 0 Å². The fourth-order valence-electron chi connectivity index (χ4n) is 0.970. The van der Waals surface area contributed by atoms with E-state index in [2.05, 4.69) is 31.2 Å². The molecule has 0 bridgehead atoms. The predicted octanol–water partition coefficient (Wildman–Crippen LogP) is 3.37. The molecule has 0 nitrogen and oxygen atoms in total. The third-order valence-corrected chi connectivity index (χ3v) is 1.70. The molecule has 0 aliphatic rings. The zero-order valence-corrected chi connectivity index (χ0v) is 10.3. The van der Waals surface area contributed by atoms with Gasteiger partial charge in [0.25, 0.3) is 0 Å². The molecule has 0 amide bonds. The molecule has 0 aliphatic heterocycles. The Morgan fingerprint density at radius 2 is 1.77 bits per heavy atom. The minimum Gasteiger partial charge on any atom is -0.214 e. The molecule has 70 valence electrons. The molecule has 0 fully saturated rings. The summed E-state index contributed by atoms with van der Waals surface area (Å²) in [4.78, 5) is 0. The van der Waals surface area contributed by atoms with Crippen molar-refractivity contribution in [3.05, 3.63) is 60.2 Å². The molecule has 0 radical (unpaired) electrons. The maximum Gasteiger partial charge on any atom is 2.00 e. The van der Waals surface area contributed by atoms with Crippen molar-refractivity contribution in [3.8, 4) is 0 Å². The second kappa shape index (κ2) is 7.96. The van der Waals surface area contributed by atoms with E-state index in [9.17, 15) is 0 Å². The van der Waals surface area contributed by atoms with E-state index in [1.54, 1.807) is 0 Å². The first kappa shape index (κ1) is 12.3. The van der Waals surface area contributed by atoms with Crippen LogP contribution < -0.4 is 0 Å². The van der Waals surface area contributed by atoms with E-state index in [1.165, 1.54) is 5.56 Å². The van der Waals surface area contributed by atoms with Gasteiger partial charge in [0, 0.05) is 0 Å². The molecule has 2 aromatic carbocycles. The van der Waals surface area contributed by atoms with Crippen molar-refractivity contribution in [2.75, 3.05) is 0 Å². The van der Waals surface area contributed by atoms with Gasteiger partial charge in [-0.15, -0.1) is 0 Å². The van der Waals surface area contributed by atoms with E-state index in [-0.39, 0.29) is 19.8 Å². The molecule has 2 aromatic rings. The summed E-state index contributed by atoms with van der Waals surface area (Å²) in [6.07, 6.45) is 1.16. The molecule has 0 heterocycles. The Hall–Kier alpha value is -0.664. The van der Waals surface area contributed by atoms with Gasteiger partial charge in [0.1, 0.15) is 0 Å². The molecule has 0 aromatic heterocycles. The van der Waals surface area contributed by atoms with Gasteiger partial charge in [0.2, 0.25) is 0 Å². The molecular formula is C12H14Os. The van der Waals surface area contributed by atoms with Crippen molar-refractivity contribution in [1.82, 2.24) is 0 Å². The second-order valence-corrected chi connectivity index (χ2v) is 2.61. The van der Waals surface area contributed by atoms with E-state index >= 15 is 0 Å². The van der Waals surface area contributed by atoms with E-state index in [0.29, 0.717) is 0 Å². The molecule has 0 unspecified atom stereocenters. The van der Waals surface area contributed by atoms with Crippen LogP contribution in [0.15, 0.2) is 54.6 Å². The molecule has 13 heavy (non-hydrogen) atoms. The van der Waals surface area contributed by atoms with Crippen LogP contribution in [0.5, 0.6) is 0 Å². The van der Waals surface area contributed by atoms with Gasteiger partial charge < -0.3 is 0 Å². The maximum absolute atomic E-state index is 2.16. The van der Waals surface area contributed by atoms with Crippen LogP contribution >= 0.6 is 0 Å². The first-order valence-electron chi connectivity index (χ1n) is 4.30. The summed E-state index contributed by atoms with van der Waals surface area (Å²) in [5, 5.41) is 0. The molecule has 0 atom stereocenters. The van der Waals surface area contributed by atoms with E-state index in [4.69, 9.17) is 0 Å². The third-order valence-electron chi connectivity index (χ3n) is 1.70. The largest absolute Gasteiger partial charge is 2.00 e. The summed E-state index contributed by atoms with van der Waals surface area (Å²) >= 11 is 0. The molecule has 0 saturated heterocycles. The van der Waals surface area contributed by atoms with Gasteiger partial charge >= 0.3 is 19.8 Å². The summed E-state index contributed by atoms with van der Waals surface area (Å²) in [6.45, 7) is 2.16. The van der Waals surface area contributed by atoms with Crippen molar-refractivity contribution in [1.29, 1.82) is 0 Å². The topological polar surface area (TPSA) is 0 Å². The first-order valence-corrected chi connectivity index (χ1v) is 4.30. The average molecular weight is 348 g/mol. The Bertz CT molecular complexity index is 236. The van der Waals surface area contributed by atoms with Crippen LogP contribution in [0.25, 0.3) is 0 Å². The van der Waals surface area contributed by atoms with Crippen LogP contribution in [0, 0.1) is 0 Å². The molecule has 1 heteroatoms. The van der Waals surface area contributed by atoms with Crippen molar-refractivity contribution >= 4 is 0 Å². The number of aryl methyl sites for hydroxylation is 1. The average Bonchev–Trinajstić information content (AvgIpc) is 2.81. The molecule has 0 spiro atoms. The summed E-state index contributed by atoms with van der Waals surface area (Å²) in [6, 6.07) is 18.4. The van der Waals surface area contributed by atoms with Crippen molar-refractivity contribution in [2.24, 2.45) is 0 Å². The van der Waals surface area contributed by atoms with Crippen LogP contribution in [-0.2, 0) is 26.2 Å². The Morgan fingerprint density at radius 3 is 2.00 bits per heavy atom. The molecule has 2 rings (SSSR count). The normalized spacial score (nSPS) is 8.08. The minimum atomic E-state index is 0. The Morgan fingerprint density at radius 1 is 1.08 bits per heavy atom. The third kappa shape index (κ3) is 5.56. The first-order chi connectivity index (χ1) is 5.93. The Kier molecular flexibility index (Phi) is 7.55. The maximum atomic E-state index is 2.16. The van der Waals surface area contributed by atoms with Crippen LogP contribution in [0.1, 0.15) is 12.5 Å². The fraction of sp³-hybridized carbons (Fsp3) is 0.167. The van der Waals surface area contributed by atoms with Gasteiger partial charge in [0.15, 0.2) is 0 Å². The van der Waals surface area contributed by atoms with Crippen LogP contribution in [0.3, 0.4) is 0 Å². The van der Waals surface area contributed by atoms with Crippen LogP contribution in [-0.4, -0.2) is 0 Å². The number of rotatable bonds is 1. The van der Waals surface area contributed by atoms with Crippen molar-refractivity contribution < 1.29 is 19.8 Å². The van der Waals surface area contributed by atoms with Gasteiger partial charge in [-0.05, 0) is 0 Å². The SMILES string of the molecule is CCc1ccc[cH-]1.[Os+2].c1cc[cH-]c1. The van der Waals surface area contributed by atoms with Crippen molar-refractivity contribution in [2.45, 2.75) is 13.3 Å². The molecule has 0 saturated carbocycles. The quantitative estimate of drug-likeness (QED) is 0.693. The summed E-state index contributed by atoms with van der Waals surface area (Å²) < 4.78 is 0. The second-order valence-electron chi connectivity index (χ2n) is 2.61. The predicted molar refractivity (Wildman–Crippen MR) is 53.4 cm³/mol. The van der Waals surface area contributed by atoms with Crippen molar-refractivity contribution in [3.63, 3.8) is 0 Å². The number of hydrogen-bond donors (Lipinski definition) is 0. The van der Waals surface area contributed by atoms with Gasteiger partial charge in [-0.1, -0.05) is 13.3 Å². The zero-order chi connectivity index (χ0) is 8.65. The fourth-order valence-corrected chi connectivity index (χ4v) is 0.970. The van der Waals surface area contributed by atoms with Gasteiger partial charge in [-0.25, -0.2) is 24.3 Å². The summed E-state index contributed by atoms with van der Waals surface area (Å²) in [5.74, 6) is 0. The van der Waals surface area contributed by atoms with Crippen LogP contribution in [0.2, 0.25) is 0 Å². The summed E-state index contributed by atoms with van der Waals surface area (Å²) in [7, 11) is 0. The molecular weight excluding hydrogens is 334 g/mol. The monoisotopic (exact) mass is 350 g/mol. The minimum absolute atomic E-state index is 0. The van der Waals surface area contributed by atoms with Crippen LogP contribution in [0.4, 0.5) is 0 Å². The zero-order valence-electron chi connectivity index (χ0n) is 7.76. The van der Waals surface area contributed by atoms with Gasteiger partial charge in [0.05, 0.1) is 0 Å². The van der Waals surface area contributed by atoms with Gasteiger partial charge in [-0.3, -0.25) is 0 Å². The Labute approximate surface area is 93.4 Å². The Balaban J connectivity index is 0.000000215.